The summed E-state index contributed by atoms with van der Waals surface area (Å²) in [4.78, 5) is 0. The molecule has 1 rings (SSSR count). The van der Waals surface area contributed by atoms with Crippen molar-refractivity contribution in [2.24, 2.45) is 11.1 Å². The summed E-state index contributed by atoms with van der Waals surface area (Å²) in [5.74, 6) is -0.732. The van der Waals surface area contributed by atoms with E-state index in [1.165, 1.54) is 0 Å². The number of nitrogens with one attached hydrogen (secondary N) is 1. The second kappa shape index (κ2) is 5.85. The van der Waals surface area contributed by atoms with Crippen LogP contribution in [0.5, 0.6) is 0 Å². The van der Waals surface area contributed by atoms with E-state index in [0.29, 0.717) is 13.1 Å². The predicted molar refractivity (Wildman–Crippen MR) is 71.5 cm³/mol. The summed E-state index contributed by atoms with van der Waals surface area (Å²) in [5.41, 5.74) is 5.57. The lowest BCUT2D eigenvalue weighted by molar-refractivity contribution is 0.309. The average molecular weight is 298 g/mol. The quantitative estimate of drug-likeness (QED) is 0.657. The third-order valence-electron chi connectivity index (χ3n) is 3.49. The molecule has 0 heterocycles. The van der Waals surface area contributed by atoms with Crippen LogP contribution in [0.15, 0.2) is 0 Å². The number of nitrogens with two attached hydrogens (primary N) is 1. The van der Waals surface area contributed by atoms with Gasteiger partial charge >= 0.3 is 0 Å². The molecule has 0 aromatic rings. The number of hydrogen-bond acceptors (Lipinski definition) is 5. The smallest absolute Gasteiger partial charge is 0.212 e. The van der Waals surface area contributed by atoms with Gasteiger partial charge in [0, 0.05) is 12.8 Å². The van der Waals surface area contributed by atoms with Crippen LogP contribution in [0.3, 0.4) is 0 Å². The highest BCUT2D eigenvalue weighted by Gasteiger charge is 2.33. The third-order valence-corrected chi connectivity index (χ3v) is 6.02. The van der Waals surface area contributed by atoms with Crippen LogP contribution in [-0.4, -0.2) is 47.7 Å². The fraction of sp³-hybridized carbons (Fsp3) is 1.00. The first-order chi connectivity index (χ1) is 8.18. The number of rotatable bonds is 7. The Morgan fingerprint density at radius 3 is 2.11 bits per heavy atom. The van der Waals surface area contributed by atoms with Crippen LogP contribution in [0.1, 0.15) is 25.7 Å². The fourth-order valence-electron chi connectivity index (χ4n) is 2.17. The monoisotopic (exact) mass is 298 g/mol. The van der Waals surface area contributed by atoms with Gasteiger partial charge in [-0.2, -0.15) is 0 Å². The molecular formula is C10H22N2O4S2. The molecule has 18 heavy (non-hydrogen) atoms. The van der Waals surface area contributed by atoms with E-state index in [-0.39, 0.29) is 16.9 Å². The molecule has 0 aromatic carbocycles. The number of sulfonamides is 1. The number of sulfone groups is 1. The molecule has 1 aliphatic carbocycles. The second-order valence-electron chi connectivity index (χ2n) is 5.18. The van der Waals surface area contributed by atoms with Gasteiger partial charge in [0.05, 0.1) is 11.5 Å². The highest BCUT2D eigenvalue weighted by Crippen LogP contribution is 2.36. The van der Waals surface area contributed by atoms with Crippen molar-refractivity contribution in [1.82, 2.24) is 4.72 Å². The van der Waals surface area contributed by atoms with Gasteiger partial charge in [0.1, 0.15) is 9.84 Å². The van der Waals surface area contributed by atoms with E-state index >= 15 is 0 Å². The van der Waals surface area contributed by atoms with E-state index in [9.17, 15) is 16.8 Å². The van der Waals surface area contributed by atoms with Gasteiger partial charge in [-0.1, -0.05) is 12.8 Å². The maximum Gasteiger partial charge on any atom is 0.212 e. The molecule has 0 radical (unpaired) electrons. The molecular weight excluding hydrogens is 276 g/mol. The Balaban J connectivity index is 2.51. The minimum Gasteiger partial charge on any atom is -0.330 e. The summed E-state index contributed by atoms with van der Waals surface area (Å²) in [5, 5.41) is 0. The molecule has 3 N–H and O–H groups in total. The van der Waals surface area contributed by atoms with Crippen LogP contribution in [0, 0.1) is 5.41 Å². The Hall–Kier alpha value is -0.180. The van der Waals surface area contributed by atoms with Crippen LogP contribution >= 0.6 is 0 Å². The van der Waals surface area contributed by atoms with E-state index in [1.54, 1.807) is 0 Å². The highest BCUT2D eigenvalue weighted by atomic mass is 32.2. The van der Waals surface area contributed by atoms with E-state index in [4.69, 9.17) is 5.73 Å². The van der Waals surface area contributed by atoms with Crippen molar-refractivity contribution in [3.8, 4) is 0 Å². The Kier molecular flexibility index (Phi) is 5.16. The summed E-state index contributed by atoms with van der Waals surface area (Å²) in [7, 11) is -6.79. The molecule has 0 saturated heterocycles. The maximum absolute atomic E-state index is 11.7. The first-order valence-corrected chi connectivity index (χ1v) is 9.75. The molecule has 0 unspecified atom stereocenters. The van der Waals surface area contributed by atoms with Crippen LogP contribution in [-0.2, 0) is 19.9 Å². The number of hydrogen-bond donors (Lipinski definition) is 2. The van der Waals surface area contributed by atoms with Crippen molar-refractivity contribution in [3.63, 3.8) is 0 Å². The molecule has 1 saturated carbocycles. The molecule has 0 aromatic heterocycles. The average Bonchev–Trinajstić information content (AvgIpc) is 2.73. The van der Waals surface area contributed by atoms with Crippen molar-refractivity contribution < 1.29 is 16.8 Å². The summed E-state index contributed by atoms with van der Waals surface area (Å²) in [6, 6.07) is 0. The van der Waals surface area contributed by atoms with Crippen LogP contribution in [0.2, 0.25) is 0 Å². The van der Waals surface area contributed by atoms with Crippen LogP contribution in [0.25, 0.3) is 0 Å². The molecule has 0 bridgehead atoms. The maximum atomic E-state index is 11.7. The summed E-state index contributed by atoms with van der Waals surface area (Å²) < 4.78 is 47.7. The molecule has 1 aliphatic rings. The molecule has 0 spiro atoms. The summed E-state index contributed by atoms with van der Waals surface area (Å²) in [6.45, 7) is 0.775. The second-order valence-corrected chi connectivity index (χ2v) is 9.37. The van der Waals surface area contributed by atoms with Gasteiger partial charge in [0.15, 0.2) is 0 Å². The topological polar surface area (TPSA) is 106 Å². The molecule has 8 heteroatoms. The van der Waals surface area contributed by atoms with E-state index < -0.39 is 19.9 Å². The normalized spacial score (nSPS) is 20.1. The minimum atomic E-state index is -3.54. The van der Waals surface area contributed by atoms with Crippen molar-refractivity contribution in [2.75, 3.05) is 30.9 Å². The first-order valence-electron chi connectivity index (χ1n) is 6.03. The standard InChI is InChI=1S/C10H22N2O4S2/c1-17(13,14)6-7-18(15,16)12-9-10(8-11)4-2-3-5-10/h12H,2-9,11H2,1H3. The minimum absolute atomic E-state index is 0.141. The lowest BCUT2D eigenvalue weighted by Gasteiger charge is -2.27. The Morgan fingerprint density at radius 2 is 1.67 bits per heavy atom. The van der Waals surface area contributed by atoms with Crippen molar-refractivity contribution in [1.29, 1.82) is 0 Å². The molecule has 108 valence electrons. The Morgan fingerprint density at radius 1 is 1.11 bits per heavy atom. The van der Waals surface area contributed by atoms with Crippen molar-refractivity contribution >= 4 is 19.9 Å². The Labute approximate surface area is 109 Å². The molecule has 0 aliphatic heterocycles. The molecule has 0 amide bonds. The van der Waals surface area contributed by atoms with Gasteiger partial charge in [-0.05, 0) is 24.8 Å². The SMILES string of the molecule is CS(=O)(=O)CCS(=O)(=O)NCC1(CN)CCCC1. The first kappa shape index (κ1) is 15.9. The summed E-state index contributed by atoms with van der Waals surface area (Å²) in [6.07, 6.45) is 5.03. The Bertz CT molecular complexity index is 464. The zero-order valence-electron chi connectivity index (χ0n) is 10.7. The van der Waals surface area contributed by atoms with Gasteiger partial charge in [-0.25, -0.2) is 21.6 Å². The van der Waals surface area contributed by atoms with E-state index in [0.717, 1.165) is 31.9 Å². The van der Waals surface area contributed by atoms with Crippen molar-refractivity contribution in [2.45, 2.75) is 25.7 Å². The van der Waals surface area contributed by atoms with Gasteiger partial charge in [-0.3, -0.25) is 0 Å². The predicted octanol–water partition coefficient (Wildman–Crippen LogP) is -0.530. The van der Waals surface area contributed by atoms with Gasteiger partial charge in [-0.15, -0.1) is 0 Å². The lowest BCUT2D eigenvalue weighted by atomic mass is 9.87. The third kappa shape index (κ3) is 5.21. The fourth-order valence-corrected chi connectivity index (χ4v) is 4.93. The van der Waals surface area contributed by atoms with Crippen LogP contribution < -0.4 is 10.5 Å². The summed E-state index contributed by atoms with van der Waals surface area (Å²) >= 11 is 0. The molecule has 0 atom stereocenters. The van der Waals surface area contributed by atoms with E-state index in [2.05, 4.69) is 4.72 Å². The molecule has 6 nitrogen and oxygen atoms in total. The van der Waals surface area contributed by atoms with E-state index in [1.807, 2.05) is 0 Å². The largest absolute Gasteiger partial charge is 0.330 e. The molecule has 1 fully saturated rings. The zero-order chi connectivity index (χ0) is 13.9. The van der Waals surface area contributed by atoms with Crippen LogP contribution in [0.4, 0.5) is 0 Å². The highest BCUT2D eigenvalue weighted by molar-refractivity contribution is 7.93. The van der Waals surface area contributed by atoms with Gasteiger partial charge < -0.3 is 5.73 Å². The zero-order valence-corrected chi connectivity index (χ0v) is 12.3. The lowest BCUT2D eigenvalue weighted by Crippen LogP contribution is -2.42. The van der Waals surface area contributed by atoms with Crippen molar-refractivity contribution in [3.05, 3.63) is 0 Å². The van der Waals surface area contributed by atoms with Gasteiger partial charge in [0.2, 0.25) is 10.0 Å². The van der Waals surface area contributed by atoms with Gasteiger partial charge in [0.25, 0.3) is 0 Å².